The van der Waals surface area contributed by atoms with Crippen molar-refractivity contribution in [3.63, 3.8) is 0 Å². The highest BCUT2D eigenvalue weighted by atomic mass is 32.2. The molecule has 5 nitrogen and oxygen atoms in total. The largest absolute Gasteiger partial charge is 0.461 e. The predicted octanol–water partition coefficient (Wildman–Crippen LogP) is 3.96. The Kier molecular flexibility index (Phi) is 6.87. The first-order chi connectivity index (χ1) is 13.9. The summed E-state index contributed by atoms with van der Waals surface area (Å²) in [5, 5.41) is 0. The van der Waals surface area contributed by atoms with E-state index in [2.05, 4.69) is 0 Å². The van der Waals surface area contributed by atoms with Crippen LogP contribution >= 0.6 is 0 Å². The number of benzene rings is 2. The van der Waals surface area contributed by atoms with Gasteiger partial charge < -0.3 is 4.74 Å². The number of ether oxygens (including phenoxy) is 1. The summed E-state index contributed by atoms with van der Waals surface area (Å²) in [6.45, 7) is 4.74. The Labute approximate surface area is 173 Å². The minimum atomic E-state index is -3.53. The zero-order valence-electron chi connectivity index (χ0n) is 16.9. The topological polar surface area (TPSA) is 63.7 Å². The summed E-state index contributed by atoms with van der Waals surface area (Å²) < 4.78 is 32.6. The number of hydrogen-bond donors (Lipinski definition) is 0. The van der Waals surface area contributed by atoms with Crippen molar-refractivity contribution in [1.29, 1.82) is 0 Å². The summed E-state index contributed by atoms with van der Waals surface area (Å²) in [5.74, 6) is -0.516. The lowest BCUT2D eigenvalue weighted by Gasteiger charge is -2.30. The lowest BCUT2D eigenvalue weighted by atomic mass is 9.98. The van der Waals surface area contributed by atoms with Crippen LogP contribution in [0.25, 0.3) is 6.08 Å². The standard InChI is InChI=1S/C23H27NO4S/c1-18-10-11-22(17-19(18)2)29(26,27)24-14-12-21(13-15-24)23(25)28-16-6-9-20-7-4-3-5-8-20/h3-11,17,21H,12-16H2,1-2H3/b9-6+. The first kappa shape index (κ1) is 21.3. The van der Waals surface area contributed by atoms with Crippen molar-refractivity contribution >= 4 is 22.1 Å². The number of esters is 1. The van der Waals surface area contributed by atoms with Crippen LogP contribution in [0, 0.1) is 19.8 Å². The Balaban J connectivity index is 1.51. The molecule has 0 radical (unpaired) electrons. The fraction of sp³-hybridized carbons (Fsp3) is 0.348. The van der Waals surface area contributed by atoms with Gasteiger partial charge in [-0.05, 0) is 61.6 Å². The zero-order chi connectivity index (χ0) is 20.9. The van der Waals surface area contributed by atoms with Crippen molar-refractivity contribution < 1.29 is 17.9 Å². The van der Waals surface area contributed by atoms with Crippen LogP contribution in [0.5, 0.6) is 0 Å². The first-order valence-corrected chi connectivity index (χ1v) is 11.3. The van der Waals surface area contributed by atoms with Gasteiger partial charge in [0, 0.05) is 13.1 Å². The van der Waals surface area contributed by atoms with Gasteiger partial charge in [-0.25, -0.2) is 8.42 Å². The molecule has 0 unspecified atom stereocenters. The van der Waals surface area contributed by atoms with Crippen molar-refractivity contribution in [2.24, 2.45) is 5.92 Å². The summed E-state index contributed by atoms with van der Waals surface area (Å²) in [5.41, 5.74) is 3.06. The summed E-state index contributed by atoms with van der Waals surface area (Å²) >= 11 is 0. The van der Waals surface area contributed by atoms with Crippen LogP contribution in [-0.2, 0) is 19.6 Å². The molecule has 1 saturated heterocycles. The van der Waals surface area contributed by atoms with Crippen LogP contribution in [0.15, 0.2) is 59.5 Å². The average molecular weight is 414 g/mol. The molecule has 0 aliphatic carbocycles. The van der Waals surface area contributed by atoms with Gasteiger partial charge in [0.05, 0.1) is 10.8 Å². The van der Waals surface area contributed by atoms with Gasteiger partial charge in [-0.15, -0.1) is 0 Å². The molecule has 0 amide bonds. The molecule has 0 atom stereocenters. The van der Waals surface area contributed by atoms with Gasteiger partial charge in [0.25, 0.3) is 0 Å². The normalized spacial score (nSPS) is 16.2. The number of hydrogen-bond acceptors (Lipinski definition) is 4. The fourth-order valence-corrected chi connectivity index (χ4v) is 4.91. The number of carbonyl (C=O) groups is 1. The SMILES string of the molecule is Cc1ccc(S(=O)(=O)N2CCC(C(=O)OC/C=C/c3ccccc3)CC2)cc1C. The minimum absolute atomic E-state index is 0.217. The number of nitrogens with zero attached hydrogens (tertiary/aromatic N) is 1. The van der Waals surface area contributed by atoms with E-state index in [9.17, 15) is 13.2 Å². The van der Waals surface area contributed by atoms with Crippen molar-refractivity contribution in [3.8, 4) is 0 Å². The second-order valence-corrected chi connectivity index (χ2v) is 9.31. The number of rotatable bonds is 6. The quantitative estimate of drug-likeness (QED) is 0.673. The lowest BCUT2D eigenvalue weighted by Crippen LogP contribution is -2.40. The highest BCUT2D eigenvalue weighted by molar-refractivity contribution is 7.89. The summed E-state index contributed by atoms with van der Waals surface area (Å²) in [6, 6.07) is 15.0. The van der Waals surface area contributed by atoms with Crippen LogP contribution in [-0.4, -0.2) is 38.4 Å². The molecule has 29 heavy (non-hydrogen) atoms. The smallest absolute Gasteiger partial charge is 0.309 e. The molecule has 154 valence electrons. The van der Waals surface area contributed by atoms with Crippen molar-refractivity contribution in [3.05, 3.63) is 71.3 Å². The average Bonchev–Trinajstić information content (AvgIpc) is 2.74. The number of carbonyl (C=O) groups excluding carboxylic acids is 1. The molecule has 6 heteroatoms. The Morgan fingerprint density at radius 1 is 1.07 bits per heavy atom. The molecule has 0 spiro atoms. The van der Waals surface area contributed by atoms with Crippen molar-refractivity contribution in [2.75, 3.05) is 19.7 Å². The summed E-state index contributed by atoms with van der Waals surface area (Å²) in [6.07, 6.45) is 4.68. The molecule has 0 saturated carbocycles. The van der Waals surface area contributed by atoms with E-state index in [-0.39, 0.29) is 18.5 Å². The fourth-order valence-electron chi connectivity index (χ4n) is 3.35. The van der Waals surface area contributed by atoms with Gasteiger partial charge in [0.2, 0.25) is 10.0 Å². The van der Waals surface area contributed by atoms with Gasteiger partial charge in [-0.3, -0.25) is 4.79 Å². The third-order valence-corrected chi connectivity index (χ3v) is 7.23. The Morgan fingerprint density at radius 3 is 2.41 bits per heavy atom. The first-order valence-electron chi connectivity index (χ1n) is 9.83. The Hall–Kier alpha value is -2.44. The molecule has 1 aliphatic rings. The maximum absolute atomic E-state index is 12.9. The van der Waals surface area contributed by atoms with Crippen LogP contribution in [0.2, 0.25) is 0 Å². The molecule has 1 aliphatic heterocycles. The highest BCUT2D eigenvalue weighted by Crippen LogP contribution is 2.25. The van der Waals surface area contributed by atoms with E-state index in [1.807, 2.05) is 62.4 Å². The van der Waals surface area contributed by atoms with E-state index in [4.69, 9.17) is 4.74 Å². The van der Waals surface area contributed by atoms with Crippen molar-refractivity contribution in [1.82, 2.24) is 4.31 Å². The molecule has 1 heterocycles. The molecule has 3 rings (SSSR count). The second kappa shape index (κ2) is 9.37. The number of piperidine rings is 1. The zero-order valence-corrected chi connectivity index (χ0v) is 17.7. The summed E-state index contributed by atoms with van der Waals surface area (Å²) in [7, 11) is -3.53. The van der Waals surface area contributed by atoms with Gasteiger partial charge >= 0.3 is 5.97 Å². The Bertz CT molecular complexity index is 975. The summed E-state index contributed by atoms with van der Waals surface area (Å²) in [4.78, 5) is 12.6. The van der Waals surface area contributed by atoms with E-state index in [1.54, 1.807) is 12.1 Å². The van der Waals surface area contributed by atoms with Crippen LogP contribution < -0.4 is 0 Å². The maximum Gasteiger partial charge on any atom is 0.309 e. The molecule has 0 aromatic heterocycles. The molecule has 1 fully saturated rings. The van der Waals surface area contributed by atoms with Gasteiger partial charge in [-0.2, -0.15) is 4.31 Å². The van der Waals surface area contributed by atoms with Crippen LogP contribution in [0.4, 0.5) is 0 Å². The highest BCUT2D eigenvalue weighted by Gasteiger charge is 2.32. The van der Waals surface area contributed by atoms with E-state index < -0.39 is 10.0 Å². The number of sulfonamides is 1. The minimum Gasteiger partial charge on any atom is -0.461 e. The van der Waals surface area contributed by atoms with E-state index >= 15 is 0 Å². The van der Waals surface area contributed by atoms with Crippen LogP contribution in [0.1, 0.15) is 29.5 Å². The molecular weight excluding hydrogens is 386 g/mol. The van der Waals surface area contributed by atoms with Gasteiger partial charge in [0.15, 0.2) is 0 Å². The monoisotopic (exact) mass is 413 g/mol. The van der Waals surface area contributed by atoms with Gasteiger partial charge in [0.1, 0.15) is 6.61 Å². The Morgan fingerprint density at radius 2 is 1.76 bits per heavy atom. The molecular formula is C23H27NO4S. The third-order valence-electron chi connectivity index (χ3n) is 5.34. The van der Waals surface area contributed by atoms with Crippen LogP contribution in [0.3, 0.4) is 0 Å². The molecule has 2 aromatic carbocycles. The molecule has 2 aromatic rings. The van der Waals surface area contributed by atoms with Crippen molar-refractivity contribution in [2.45, 2.75) is 31.6 Å². The molecule has 0 bridgehead atoms. The third kappa shape index (κ3) is 5.34. The van der Waals surface area contributed by atoms with E-state index in [1.165, 1.54) is 4.31 Å². The maximum atomic E-state index is 12.9. The van der Waals surface area contributed by atoms with E-state index in [0.717, 1.165) is 16.7 Å². The van der Waals surface area contributed by atoms with E-state index in [0.29, 0.717) is 30.8 Å². The number of aryl methyl sites for hydroxylation is 2. The predicted molar refractivity (Wildman–Crippen MR) is 114 cm³/mol. The second-order valence-electron chi connectivity index (χ2n) is 7.37. The van der Waals surface area contributed by atoms with Gasteiger partial charge in [-0.1, -0.05) is 42.5 Å². The lowest BCUT2D eigenvalue weighted by molar-refractivity contribution is -0.148. The molecule has 0 N–H and O–H groups in total.